The summed E-state index contributed by atoms with van der Waals surface area (Å²) in [6.45, 7) is 22.5. The van der Waals surface area contributed by atoms with E-state index in [-0.39, 0.29) is 54.1 Å². The van der Waals surface area contributed by atoms with E-state index in [1.54, 1.807) is 0 Å². The summed E-state index contributed by atoms with van der Waals surface area (Å²) in [6.07, 6.45) is 5.83. The highest BCUT2D eigenvalue weighted by molar-refractivity contribution is 5.76. The molecule has 0 aliphatic carbocycles. The van der Waals surface area contributed by atoms with Gasteiger partial charge in [0.15, 0.2) is 0 Å². The Hall–Kier alpha value is -3.15. The molecule has 268 valence electrons. The third-order valence-corrected chi connectivity index (χ3v) is 11.1. The van der Waals surface area contributed by atoms with Gasteiger partial charge in [-0.1, -0.05) is 129 Å². The topological polar surface area (TPSA) is 78.9 Å². The molecule has 0 spiro atoms. The van der Waals surface area contributed by atoms with Crippen molar-refractivity contribution in [2.75, 3.05) is 6.61 Å². The minimum absolute atomic E-state index is 0.00492. The van der Waals surface area contributed by atoms with Crippen molar-refractivity contribution in [2.45, 2.75) is 134 Å². The molecule has 0 radical (unpaired) electrons. The molecule has 6 heteroatoms. The first-order valence-corrected chi connectivity index (χ1v) is 18.0. The minimum Gasteiger partial charge on any atom is -0.465 e. The number of hydrogen-bond acceptors (Lipinski definition) is 6. The zero-order valence-electron chi connectivity index (χ0n) is 31.7. The fourth-order valence-electron chi connectivity index (χ4n) is 6.07. The van der Waals surface area contributed by atoms with E-state index >= 15 is 0 Å². The average Bonchev–Trinajstić information content (AvgIpc) is 3.04. The van der Waals surface area contributed by atoms with Crippen LogP contribution < -0.4 is 0 Å². The summed E-state index contributed by atoms with van der Waals surface area (Å²) in [5.41, 5.74) is 0.902. The van der Waals surface area contributed by atoms with Gasteiger partial charge in [0.1, 0.15) is 13.2 Å². The number of hydrogen-bond donors (Lipinski definition) is 0. The summed E-state index contributed by atoms with van der Waals surface area (Å²) in [5, 5.41) is 0. The van der Waals surface area contributed by atoms with Gasteiger partial charge in [-0.2, -0.15) is 0 Å². The fraction of sp³-hybridized carbons (Fsp3) is 0.643. The van der Waals surface area contributed by atoms with Crippen LogP contribution in [-0.4, -0.2) is 24.5 Å². The van der Waals surface area contributed by atoms with Gasteiger partial charge in [0.05, 0.1) is 24.9 Å². The van der Waals surface area contributed by atoms with E-state index < -0.39 is 10.8 Å². The van der Waals surface area contributed by atoms with Gasteiger partial charge >= 0.3 is 17.9 Å². The molecular formula is C42H64O6. The van der Waals surface area contributed by atoms with Crippen molar-refractivity contribution in [1.82, 2.24) is 0 Å². The Morgan fingerprint density at radius 2 is 1.12 bits per heavy atom. The molecule has 0 N–H and O–H groups in total. The first-order valence-electron chi connectivity index (χ1n) is 18.0. The molecule has 1 unspecified atom stereocenters. The van der Waals surface area contributed by atoms with Gasteiger partial charge in [-0.3, -0.25) is 14.4 Å². The molecule has 0 aromatic heterocycles. The second-order valence-corrected chi connectivity index (χ2v) is 16.3. The predicted molar refractivity (Wildman–Crippen MR) is 194 cm³/mol. The monoisotopic (exact) mass is 664 g/mol. The van der Waals surface area contributed by atoms with Gasteiger partial charge in [0.2, 0.25) is 0 Å². The van der Waals surface area contributed by atoms with Crippen LogP contribution >= 0.6 is 0 Å². The summed E-state index contributed by atoms with van der Waals surface area (Å²) in [4.78, 5) is 38.5. The lowest BCUT2D eigenvalue weighted by molar-refractivity contribution is -0.158. The number of benzene rings is 2. The highest BCUT2D eigenvalue weighted by Crippen LogP contribution is 2.48. The van der Waals surface area contributed by atoms with E-state index in [4.69, 9.17) is 14.2 Å². The minimum atomic E-state index is -0.555. The average molecular weight is 665 g/mol. The molecule has 6 nitrogen and oxygen atoms in total. The number of ether oxygens (including phenoxy) is 3. The molecular weight excluding hydrogens is 600 g/mol. The molecule has 0 saturated carbocycles. The van der Waals surface area contributed by atoms with Crippen LogP contribution in [0.3, 0.4) is 0 Å². The first-order chi connectivity index (χ1) is 22.4. The Balaban J connectivity index is 1.83. The van der Waals surface area contributed by atoms with Crippen molar-refractivity contribution in [3.8, 4) is 0 Å². The van der Waals surface area contributed by atoms with Crippen LogP contribution in [-0.2, 0) is 41.8 Å². The number of carbonyl (C=O) groups excluding carboxylic acids is 3. The lowest BCUT2D eigenvalue weighted by atomic mass is 9.61. The summed E-state index contributed by atoms with van der Waals surface area (Å²) in [6, 6.07) is 19.4. The van der Waals surface area contributed by atoms with Gasteiger partial charge in [-0.05, 0) is 78.2 Å². The summed E-state index contributed by atoms with van der Waals surface area (Å²) in [5.74, 6) is -0.0743. The van der Waals surface area contributed by atoms with E-state index in [1.807, 2.05) is 81.4 Å². The Morgan fingerprint density at radius 3 is 1.62 bits per heavy atom. The normalized spacial score (nSPS) is 14.8. The molecule has 48 heavy (non-hydrogen) atoms. The molecule has 0 heterocycles. The smallest absolute Gasteiger partial charge is 0.312 e. The lowest BCUT2D eigenvalue weighted by Gasteiger charge is -2.44. The fourth-order valence-corrected chi connectivity index (χ4v) is 6.07. The maximum Gasteiger partial charge on any atom is 0.312 e. The number of carbonyl (C=O) groups is 3. The second kappa shape index (κ2) is 18.6. The van der Waals surface area contributed by atoms with E-state index in [1.165, 1.54) is 0 Å². The quantitative estimate of drug-likeness (QED) is 0.0976. The van der Waals surface area contributed by atoms with Crippen molar-refractivity contribution >= 4 is 17.9 Å². The molecule has 0 aliphatic heterocycles. The van der Waals surface area contributed by atoms with Crippen molar-refractivity contribution in [1.29, 1.82) is 0 Å². The summed E-state index contributed by atoms with van der Waals surface area (Å²) < 4.78 is 17.0. The Bertz CT molecular complexity index is 1270. The molecule has 0 bridgehead atoms. The van der Waals surface area contributed by atoms with Crippen molar-refractivity contribution in [3.05, 3.63) is 71.8 Å². The molecule has 0 aliphatic rings. The van der Waals surface area contributed by atoms with Gasteiger partial charge in [0.25, 0.3) is 0 Å². The van der Waals surface area contributed by atoms with Crippen LogP contribution in [0.1, 0.15) is 132 Å². The zero-order chi connectivity index (χ0) is 36.0. The van der Waals surface area contributed by atoms with E-state index in [0.717, 1.165) is 49.7 Å². The molecule has 0 fully saturated rings. The molecule has 0 saturated heterocycles. The molecule has 2 rings (SSSR count). The maximum atomic E-state index is 13.2. The Kier molecular flexibility index (Phi) is 15.9. The predicted octanol–water partition coefficient (Wildman–Crippen LogP) is 10.5. The van der Waals surface area contributed by atoms with Crippen molar-refractivity contribution < 1.29 is 28.6 Å². The van der Waals surface area contributed by atoms with E-state index in [2.05, 4.69) is 48.5 Å². The third kappa shape index (κ3) is 13.4. The van der Waals surface area contributed by atoms with Crippen LogP contribution in [0.15, 0.2) is 60.7 Å². The molecule has 2 aromatic rings. The van der Waals surface area contributed by atoms with Gasteiger partial charge in [-0.25, -0.2) is 0 Å². The van der Waals surface area contributed by atoms with Crippen LogP contribution in [0.5, 0.6) is 0 Å². The Morgan fingerprint density at radius 1 is 0.646 bits per heavy atom. The number of esters is 3. The largest absolute Gasteiger partial charge is 0.465 e. The summed E-state index contributed by atoms with van der Waals surface area (Å²) >= 11 is 0. The van der Waals surface area contributed by atoms with E-state index in [0.29, 0.717) is 19.1 Å². The number of rotatable bonds is 21. The zero-order valence-corrected chi connectivity index (χ0v) is 31.7. The molecule has 2 aromatic carbocycles. The third-order valence-electron chi connectivity index (χ3n) is 11.1. The van der Waals surface area contributed by atoms with Crippen molar-refractivity contribution in [3.63, 3.8) is 0 Å². The first kappa shape index (κ1) is 41.0. The van der Waals surface area contributed by atoms with Crippen LogP contribution in [0, 0.1) is 33.5 Å². The summed E-state index contributed by atoms with van der Waals surface area (Å²) in [7, 11) is 0. The van der Waals surface area contributed by atoms with Crippen LogP contribution in [0.4, 0.5) is 0 Å². The van der Waals surface area contributed by atoms with Crippen LogP contribution in [0.25, 0.3) is 0 Å². The van der Waals surface area contributed by atoms with Crippen LogP contribution in [0.2, 0.25) is 0 Å². The maximum absolute atomic E-state index is 13.2. The van der Waals surface area contributed by atoms with Gasteiger partial charge < -0.3 is 14.2 Å². The Labute approximate surface area is 291 Å². The SMILES string of the molecule is CCC(CCC(C)(C)C(C)(C)CC[C@](C)(CC)C(=O)OCc1ccccc1)[C@H](C)COC(=O)CC(C)(C)CC(=O)OCc1ccccc1. The highest BCUT2D eigenvalue weighted by Gasteiger charge is 2.41. The molecule has 3 atom stereocenters. The van der Waals surface area contributed by atoms with Crippen molar-refractivity contribution in [2.24, 2.45) is 33.5 Å². The van der Waals surface area contributed by atoms with Gasteiger partial charge in [0, 0.05) is 0 Å². The second-order valence-electron chi connectivity index (χ2n) is 16.3. The highest BCUT2D eigenvalue weighted by atomic mass is 16.5. The standard InChI is InChI=1S/C42H64O6/c1-11-35(32(3)29-46-36(43)27-39(4,5)28-37(44)47-30-33-19-15-13-16-20-33)23-24-40(6,7)41(8,9)25-26-42(10,12-2)38(45)48-31-34-21-17-14-18-22-34/h13-22,32,35H,11-12,23-31H2,1-10H3/t32-,35?,42+/m1/s1. The molecule has 0 amide bonds. The van der Waals surface area contributed by atoms with E-state index in [9.17, 15) is 14.4 Å². The lowest BCUT2D eigenvalue weighted by Crippen LogP contribution is -2.37. The van der Waals surface area contributed by atoms with Gasteiger partial charge in [-0.15, -0.1) is 0 Å².